The lowest BCUT2D eigenvalue weighted by molar-refractivity contribution is -0.124. The molecule has 0 aliphatic carbocycles. The molecule has 154 valence electrons. The highest BCUT2D eigenvalue weighted by Gasteiger charge is 2.23. The lowest BCUT2D eigenvalue weighted by atomic mass is 9.98. The number of rotatable bonds is 8. The molecule has 2 heterocycles. The normalized spacial score (nSPS) is 13.1. The van der Waals surface area contributed by atoms with Crippen LogP contribution in [-0.2, 0) is 4.79 Å². The second kappa shape index (κ2) is 8.77. The van der Waals surface area contributed by atoms with Gasteiger partial charge in [-0.2, -0.15) is 0 Å². The molecule has 2 aromatic carbocycles. The molecule has 1 amide bonds. The Morgan fingerprint density at radius 3 is 2.73 bits per heavy atom. The molecule has 0 fully saturated rings. The summed E-state index contributed by atoms with van der Waals surface area (Å²) in [5.41, 5.74) is 2.70. The Kier molecular flexibility index (Phi) is 5.74. The van der Waals surface area contributed by atoms with Crippen LogP contribution in [0, 0.1) is 5.92 Å². The fourth-order valence-electron chi connectivity index (χ4n) is 3.27. The summed E-state index contributed by atoms with van der Waals surface area (Å²) in [7, 11) is 0. The fraction of sp³-hybridized carbons (Fsp3) is 0.273. The number of amides is 1. The van der Waals surface area contributed by atoms with Gasteiger partial charge < -0.3 is 15.0 Å². The zero-order valence-electron chi connectivity index (χ0n) is 16.9. The van der Waals surface area contributed by atoms with E-state index >= 15 is 0 Å². The van der Waals surface area contributed by atoms with Crippen LogP contribution >= 0.6 is 0 Å². The van der Waals surface area contributed by atoms with E-state index < -0.39 is 0 Å². The number of hydrogen-bond acceptors (Lipinski definition) is 5. The van der Waals surface area contributed by atoms with Crippen molar-refractivity contribution in [2.45, 2.75) is 26.3 Å². The van der Waals surface area contributed by atoms with Gasteiger partial charge in [0.25, 0.3) is 5.91 Å². The van der Waals surface area contributed by atoms with Crippen LogP contribution in [-0.4, -0.2) is 37.2 Å². The highest BCUT2D eigenvalue weighted by molar-refractivity contribution is 5.78. The quantitative estimate of drug-likeness (QED) is 0.469. The first-order chi connectivity index (χ1) is 14.6. The minimum Gasteiger partial charge on any atom is -0.484 e. The smallest absolute Gasteiger partial charge is 0.258 e. The van der Waals surface area contributed by atoms with Gasteiger partial charge in [0, 0.05) is 6.07 Å². The Morgan fingerprint density at radius 2 is 1.97 bits per heavy atom. The Labute approximate surface area is 174 Å². The van der Waals surface area contributed by atoms with Gasteiger partial charge >= 0.3 is 0 Å². The molecule has 0 spiro atoms. The average Bonchev–Trinajstić information content (AvgIpc) is 3.45. The Balaban J connectivity index is 1.44. The number of aromatic nitrogens is 5. The molecule has 2 N–H and O–H groups in total. The van der Waals surface area contributed by atoms with Crippen molar-refractivity contribution in [1.29, 1.82) is 0 Å². The van der Waals surface area contributed by atoms with Crippen molar-refractivity contribution in [3.8, 4) is 11.4 Å². The Morgan fingerprint density at radius 1 is 1.17 bits per heavy atom. The molecule has 0 aliphatic rings. The van der Waals surface area contributed by atoms with Gasteiger partial charge in [0.05, 0.1) is 22.8 Å². The Bertz CT molecular complexity index is 1090. The van der Waals surface area contributed by atoms with Crippen molar-refractivity contribution >= 4 is 16.9 Å². The van der Waals surface area contributed by atoms with Gasteiger partial charge in [0.2, 0.25) is 0 Å². The van der Waals surface area contributed by atoms with Crippen LogP contribution in [0.15, 0.2) is 61.2 Å². The molecule has 4 aromatic rings. The maximum atomic E-state index is 12.6. The van der Waals surface area contributed by atoms with Crippen LogP contribution < -0.4 is 10.1 Å². The number of benzene rings is 2. The van der Waals surface area contributed by atoms with Crippen LogP contribution in [0.5, 0.6) is 5.75 Å². The van der Waals surface area contributed by atoms with E-state index in [0.29, 0.717) is 5.75 Å². The summed E-state index contributed by atoms with van der Waals surface area (Å²) in [6.45, 7) is 4.11. The highest BCUT2D eigenvalue weighted by Crippen LogP contribution is 2.24. The number of nitrogens with one attached hydrogen (secondary N) is 2. The molecule has 4 rings (SSSR count). The monoisotopic (exact) mass is 404 g/mol. The van der Waals surface area contributed by atoms with Crippen molar-refractivity contribution in [3.05, 3.63) is 67.0 Å². The number of H-pyrrole nitrogens is 1. The summed E-state index contributed by atoms with van der Waals surface area (Å²) in [4.78, 5) is 20.6. The molecule has 30 heavy (non-hydrogen) atoms. The van der Waals surface area contributed by atoms with Gasteiger partial charge in [0.15, 0.2) is 6.61 Å². The van der Waals surface area contributed by atoms with Crippen molar-refractivity contribution in [2.75, 3.05) is 6.61 Å². The zero-order valence-corrected chi connectivity index (χ0v) is 16.9. The van der Waals surface area contributed by atoms with Crippen LogP contribution in [0.3, 0.4) is 0 Å². The van der Waals surface area contributed by atoms with E-state index in [9.17, 15) is 4.79 Å². The molecule has 8 nitrogen and oxygen atoms in total. The summed E-state index contributed by atoms with van der Waals surface area (Å²) >= 11 is 0. The number of ether oxygens (including phenoxy) is 1. The minimum absolute atomic E-state index is 0.0845. The SMILES string of the molecule is CC[C@H](C)[C@@H](NC(=O)COc1cccc(-n2cnnc2)c1)c1nc2ccccc2[nH]1. The molecule has 0 saturated carbocycles. The molecular weight excluding hydrogens is 380 g/mol. The van der Waals surface area contributed by atoms with Crippen LogP contribution in [0.2, 0.25) is 0 Å². The first kappa shape index (κ1) is 19.6. The van der Waals surface area contributed by atoms with Crippen molar-refractivity contribution in [3.63, 3.8) is 0 Å². The van der Waals surface area contributed by atoms with Gasteiger partial charge in [-0.1, -0.05) is 38.5 Å². The maximum Gasteiger partial charge on any atom is 0.258 e. The van der Waals surface area contributed by atoms with Crippen molar-refractivity contribution < 1.29 is 9.53 Å². The number of hydrogen-bond donors (Lipinski definition) is 2. The minimum atomic E-state index is -0.221. The number of nitrogens with zero attached hydrogens (tertiary/aromatic N) is 4. The summed E-state index contributed by atoms with van der Waals surface area (Å²) in [6, 6.07) is 15.0. The zero-order chi connectivity index (χ0) is 20.9. The number of carbonyl (C=O) groups is 1. The van der Waals surface area contributed by atoms with E-state index in [4.69, 9.17) is 4.74 Å². The molecular formula is C22H24N6O2. The predicted octanol–water partition coefficient (Wildman–Crippen LogP) is 3.43. The summed E-state index contributed by atoms with van der Waals surface area (Å²) in [5, 5.41) is 10.7. The molecule has 0 unspecified atom stereocenters. The lowest BCUT2D eigenvalue weighted by Crippen LogP contribution is -2.36. The molecule has 0 bridgehead atoms. The second-order valence-electron chi connectivity index (χ2n) is 7.23. The first-order valence-electron chi connectivity index (χ1n) is 9.96. The summed E-state index contributed by atoms with van der Waals surface area (Å²) in [5.74, 6) is 1.37. The largest absolute Gasteiger partial charge is 0.484 e. The van der Waals surface area contributed by atoms with E-state index in [1.165, 1.54) is 0 Å². The third-order valence-electron chi connectivity index (χ3n) is 5.14. The Hall–Kier alpha value is -3.68. The fourth-order valence-corrected chi connectivity index (χ4v) is 3.27. The number of para-hydroxylation sites is 2. The number of fused-ring (bicyclic) bond motifs is 1. The van der Waals surface area contributed by atoms with E-state index in [1.807, 2.05) is 48.5 Å². The van der Waals surface area contributed by atoms with E-state index in [1.54, 1.807) is 17.2 Å². The molecule has 0 aliphatic heterocycles. The van der Waals surface area contributed by atoms with Crippen LogP contribution in [0.4, 0.5) is 0 Å². The maximum absolute atomic E-state index is 12.6. The van der Waals surface area contributed by atoms with E-state index in [0.717, 1.165) is 29.0 Å². The molecule has 2 atom stereocenters. The van der Waals surface area contributed by atoms with Gasteiger partial charge in [-0.25, -0.2) is 4.98 Å². The third kappa shape index (κ3) is 4.32. The van der Waals surface area contributed by atoms with Crippen molar-refractivity contribution in [2.24, 2.45) is 5.92 Å². The first-order valence-corrected chi connectivity index (χ1v) is 9.96. The number of imidazole rings is 1. The number of carbonyl (C=O) groups excluding carboxylic acids is 1. The van der Waals surface area contributed by atoms with Crippen LogP contribution in [0.25, 0.3) is 16.7 Å². The van der Waals surface area contributed by atoms with Gasteiger partial charge in [-0.05, 0) is 30.2 Å². The lowest BCUT2D eigenvalue weighted by Gasteiger charge is -2.22. The molecule has 2 aromatic heterocycles. The van der Waals surface area contributed by atoms with E-state index in [2.05, 4.69) is 39.3 Å². The molecule has 0 radical (unpaired) electrons. The molecule has 8 heteroatoms. The average molecular weight is 404 g/mol. The predicted molar refractivity (Wildman–Crippen MR) is 113 cm³/mol. The van der Waals surface area contributed by atoms with Crippen molar-refractivity contribution in [1.82, 2.24) is 30.0 Å². The molecule has 0 saturated heterocycles. The van der Waals surface area contributed by atoms with E-state index in [-0.39, 0.29) is 24.5 Å². The topological polar surface area (TPSA) is 97.7 Å². The standard InChI is InChI=1S/C22H24N6O2/c1-3-15(2)21(22-25-18-9-4-5-10-19(18)26-22)27-20(29)12-30-17-8-6-7-16(11-17)28-13-23-24-14-28/h4-11,13-15,21H,3,12H2,1-2H3,(H,25,26)(H,27,29)/t15-,21+/m0/s1. The third-order valence-corrected chi connectivity index (χ3v) is 5.14. The summed E-state index contributed by atoms with van der Waals surface area (Å²) < 4.78 is 7.49. The highest BCUT2D eigenvalue weighted by atomic mass is 16.5. The van der Waals surface area contributed by atoms with Gasteiger partial charge in [-0.15, -0.1) is 10.2 Å². The second-order valence-corrected chi connectivity index (χ2v) is 7.23. The van der Waals surface area contributed by atoms with Gasteiger partial charge in [0.1, 0.15) is 24.2 Å². The number of aromatic amines is 1. The van der Waals surface area contributed by atoms with Gasteiger partial charge in [-0.3, -0.25) is 9.36 Å². The van der Waals surface area contributed by atoms with Crippen LogP contribution in [0.1, 0.15) is 32.1 Å². The summed E-state index contributed by atoms with van der Waals surface area (Å²) in [6.07, 6.45) is 4.12.